The number of H-pyrrole nitrogens is 1. The molecule has 128 valence electrons. The van der Waals surface area contributed by atoms with Crippen LogP contribution in [-0.4, -0.2) is 31.3 Å². The molecule has 0 atom stereocenters. The first-order chi connectivity index (χ1) is 12.7. The van der Waals surface area contributed by atoms with E-state index in [1.165, 1.54) is 0 Å². The van der Waals surface area contributed by atoms with Crippen molar-refractivity contribution in [3.63, 3.8) is 0 Å². The smallest absolute Gasteiger partial charge is 0.253 e. The first kappa shape index (κ1) is 16.2. The molecule has 4 aromatic rings. The number of nitrogens with one attached hydrogen (secondary N) is 2. The van der Waals surface area contributed by atoms with E-state index in [1.54, 1.807) is 30.7 Å². The number of pyridine rings is 1. The zero-order chi connectivity index (χ0) is 17.9. The molecule has 2 N–H and O–H groups in total. The van der Waals surface area contributed by atoms with E-state index in [1.807, 2.05) is 24.3 Å². The van der Waals surface area contributed by atoms with Gasteiger partial charge in [0.1, 0.15) is 10.8 Å². The normalized spacial score (nSPS) is 10.8. The van der Waals surface area contributed by atoms with Crippen molar-refractivity contribution in [1.82, 2.24) is 30.7 Å². The Morgan fingerprint density at radius 1 is 1.12 bits per heavy atom. The number of nitrogens with zero attached hydrogens (tertiary/aromatic N) is 4. The molecule has 0 saturated heterocycles. The molecule has 3 heterocycles. The highest BCUT2D eigenvalue weighted by Gasteiger charge is 2.15. The van der Waals surface area contributed by atoms with Gasteiger partial charge in [0, 0.05) is 23.7 Å². The first-order valence-corrected chi connectivity index (χ1v) is 8.23. The summed E-state index contributed by atoms with van der Waals surface area (Å²) in [5.41, 5.74) is 3.61. The van der Waals surface area contributed by atoms with E-state index in [0.717, 1.165) is 22.2 Å². The maximum atomic E-state index is 12.6. The van der Waals surface area contributed by atoms with Gasteiger partial charge < -0.3 is 5.32 Å². The van der Waals surface area contributed by atoms with Crippen LogP contribution in [0.2, 0.25) is 5.15 Å². The van der Waals surface area contributed by atoms with Gasteiger partial charge in [0.15, 0.2) is 0 Å². The third-order valence-electron chi connectivity index (χ3n) is 3.94. The molecule has 3 aromatic heterocycles. The van der Waals surface area contributed by atoms with Crippen LogP contribution in [0, 0.1) is 0 Å². The molecule has 0 unspecified atom stereocenters. The second-order valence-electron chi connectivity index (χ2n) is 5.60. The Bertz CT molecular complexity index is 1060. The number of aromatic nitrogens is 5. The third-order valence-corrected chi connectivity index (χ3v) is 4.17. The van der Waals surface area contributed by atoms with Crippen LogP contribution in [0.25, 0.3) is 22.2 Å². The predicted molar refractivity (Wildman–Crippen MR) is 97.5 cm³/mol. The summed E-state index contributed by atoms with van der Waals surface area (Å²) in [6.07, 6.45) is 4.87. The van der Waals surface area contributed by atoms with Gasteiger partial charge in [-0.2, -0.15) is 15.3 Å². The van der Waals surface area contributed by atoms with Crippen LogP contribution in [-0.2, 0) is 6.54 Å². The summed E-state index contributed by atoms with van der Waals surface area (Å²) in [5, 5.41) is 19.1. The highest BCUT2D eigenvalue weighted by atomic mass is 35.5. The SMILES string of the molecule is O=C(NCc1ccc(Cl)nc1)c1cccc2c(-c3ccnnc3)n[nH]c12. The van der Waals surface area contributed by atoms with Gasteiger partial charge in [0.25, 0.3) is 5.91 Å². The van der Waals surface area contributed by atoms with Crippen molar-refractivity contribution < 1.29 is 4.79 Å². The summed E-state index contributed by atoms with van der Waals surface area (Å²) in [5.74, 6) is -0.200. The van der Waals surface area contributed by atoms with E-state index < -0.39 is 0 Å². The molecule has 0 bridgehead atoms. The number of carbonyl (C=O) groups excluding carboxylic acids is 1. The van der Waals surface area contributed by atoms with Gasteiger partial charge in [0.05, 0.1) is 23.5 Å². The number of rotatable bonds is 4. The predicted octanol–water partition coefficient (Wildman–Crippen LogP) is 3.00. The Balaban J connectivity index is 1.61. The summed E-state index contributed by atoms with van der Waals surface area (Å²) < 4.78 is 0. The number of aromatic amines is 1. The number of amides is 1. The van der Waals surface area contributed by atoms with E-state index in [2.05, 4.69) is 30.7 Å². The number of halogens is 1. The van der Waals surface area contributed by atoms with Crippen molar-refractivity contribution in [2.75, 3.05) is 0 Å². The van der Waals surface area contributed by atoms with Gasteiger partial charge in [-0.25, -0.2) is 4.98 Å². The monoisotopic (exact) mass is 364 g/mol. The molecule has 0 saturated carbocycles. The minimum absolute atomic E-state index is 0.200. The van der Waals surface area contributed by atoms with Crippen LogP contribution in [0.5, 0.6) is 0 Å². The Morgan fingerprint density at radius 3 is 2.81 bits per heavy atom. The second-order valence-corrected chi connectivity index (χ2v) is 5.99. The van der Waals surface area contributed by atoms with Crippen LogP contribution >= 0.6 is 11.6 Å². The quantitative estimate of drug-likeness (QED) is 0.542. The number of para-hydroxylation sites is 1. The van der Waals surface area contributed by atoms with E-state index in [-0.39, 0.29) is 5.91 Å². The van der Waals surface area contributed by atoms with E-state index >= 15 is 0 Å². The molecule has 0 radical (unpaired) electrons. The molecule has 0 fully saturated rings. The maximum Gasteiger partial charge on any atom is 0.253 e. The average molecular weight is 365 g/mol. The summed E-state index contributed by atoms with van der Waals surface area (Å²) in [6, 6.07) is 10.8. The van der Waals surface area contributed by atoms with Crippen molar-refractivity contribution in [1.29, 1.82) is 0 Å². The van der Waals surface area contributed by atoms with Crippen molar-refractivity contribution >= 4 is 28.4 Å². The number of benzene rings is 1. The topological polar surface area (TPSA) is 96.5 Å². The van der Waals surface area contributed by atoms with Crippen LogP contribution in [0.15, 0.2) is 55.0 Å². The van der Waals surface area contributed by atoms with Crippen molar-refractivity contribution in [3.05, 3.63) is 71.3 Å². The maximum absolute atomic E-state index is 12.6. The fourth-order valence-electron chi connectivity index (χ4n) is 2.67. The van der Waals surface area contributed by atoms with Crippen LogP contribution in [0.3, 0.4) is 0 Å². The van der Waals surface area contributed by atoms with Crippen LogP contribution < -0.4 is 5.32 Å². The second kappa shape index (κ2) is 6.89. The van der Waals surface area contributed by atoms with Crippen LogP contribution in [0.4, 0.5) is 0 Å². The Labute approximate surface area is 153 Å². The standard InChI is InChI=1S/C18H13ClN6O/c19-15-5-4-11(8-20-15)9-21-18(26)14-3-1-2-13-16(24-25-17(13)14)12-6-7-22-23-10-12/h1-8,10H,9H2,(H,21,26)(H,24,25). The number of carbonyl (C=O) groups is 1. The fraction of sp³-hybridized carbons (Fsp3) is 0.0556. The Kier molecular flexibility index (Phi) is 4.28. The number of fused-ring (bicyclic) bond motifs is 1. The highest BCUT2D eigenvalue weighted by molar-refractivity contribution is 6.29. The van der Waals surface area contributed by atoms with Crippen molar-refractivity contribution in [2.24, 2.45) is 0 Å². The summed E-state index contributed by atoms with van der Waals surface area (Å²) >= 11 is 5.77. The molecule has 1 amide bonds. The largest absolute Gasteiger partial charge is 0.348 e. The molecule has 26 heavy (non-hydrogen) atoms. The van der Waals surface area contributed by atoms with Gasteiger partial charge in [-0.3, -0.25) is 9.89 Å². The summed E-state index contributed by atoms with van der Waals surface area (Å²) in [6.45, 7) is 0.356. The van der Waals surface area contributed by atoms with Gasteiger partial charge in [-0.1, -0.05) is 29.8 Å². The highest BCUT2D eigenvalue weighted by Crippen LogP contribution is 2.27. The van der Waals surface area contributed by atoms with Gasteiger partial charge in [-0.05, 0) is 23.8 Å². The molecule has 0 aliphatic heterocycles. The fourth-order valence-corrected chi connectivity index (χ4v) is 2.78. The van der Waals surface area contributed by atoms with Gasteiger partial charge in [0.2, 0.25) is 0 Å². The minimum Gasteiger partial charge on any atom is -0.348 e. The summed E-state index contributed by atoms with van der Waals surface area (Å²) in [4.78, 5) is 16.6. The zero-order valence-electron chi connectivity index (χ0n) is 13.5. The van der Waals surface area contributed by atoms with E-state index in [9.17, 15) is 4.79 Å². The number of hydrogen-bond donors (Lipinski definition) is 2. The Morgan fingerprint density at radius 2 is 2.04 bits per heavy atom. The Hall–Kier alpha value is -3.32. The third kappa shape index (κ3) is 3.12. The molecule has 7 nitrogen and oxygen atoms in total. The van der Waals surface area contributed by atoms with E-state index in [4.69, 9.17) is 11.6 Å². The molecular weight excluding hydrogens is 352 g/mol. The van der Waals surface area contributed by atoms with Crippen LogP contribution in [0.1, 0.15) is 15.9 Å². The lowest BCUT2D eigenvalue weighted by Crippen LogP contribution is -2.23. The molecule has 0 aliphatic carbocycles. The van der Waals surface area contributed by atoms with Crippen molar-refractivity contribution in [3.8, 4) is 11.3 Å². The molecule has 0 aliphatic rings. The molecular formula is C18H13ClN6O. The lowest BCUT2D eigenvalue weighted by atomic mass is 10.1. The lowest BCUT2D eigenvalue weighted by Gasteiger charge is -2.06. The lowest BCUT2D eigenvalue weighted by molar-refractivity contribution is 0.0952. The minimum atomic E-state index is -0.200. The zero-order valence-corrected chi connectivity index (χ0v) is 14.2. The number of hydrogen-bond acceptors (Lipinski definition) is 5. The molecule has 8 heteroatoms. The summed E-state index contributed by atoms with van der Waals surface area (Å²) in [7, 11) is 0. The van der Waals surface area contributed by atoms with Gasteiger partial charge in [-0.15, -0.1) is 0 Å². The molecule has 0 spiro atoms. The van der Waals surface area contributed by atoms with Gasteiger partial charge >= 0.3 is 0 Å². The van der Waals surface area contributed by atoms with E-state index in [0.29, 0.717) is 22.8 Å². The van der Waals surface area contributed by atoms with Crippen molar-refractivity contribution in [2.45, 2.75) is 6.54 Å². The first-order valence-electron chi connectivity index (χ1n) is 7.85. The average Bonchev–Trinajstić information content (AvgIpc) is 3.12. The molecule has 4 rings (SSSR count). The molecule has 1 aromatic carbocycles.